The summed E-state index contributed by atoms with van der Waals surface area (Å²) >= 11 is 0. The van der Waals surface area contributed by atoms with E-state index < -0.39 is 0 Å². The molecule has 2 aromatic rings. The van der Waals surface area contributed by atoms with E-state index in [9.17, 15) is 4.79 Å². The number of nitrogens with one attached hydrogen (secondary N) is 1. The molecule has 1 saturated carbocycles. The van der Waals surface area contributed by atoms with Crippen LogP contribution in [-0.2, 0) is 4.79 Å². The highest BCUT2D eigenvalue weighted by atomic mass is 16.5. The minimum absolute atomic E-state index is 0.00126. The van der Waals surface area contributed by atoms with Gasteiger partial charge in [-0.25, -0.2) is 0 Å². The van der Waals surface area contributed by atoms with Gasteiger partial charge in [-0.2, -0.15) is 0 Å². The molecular weight excluding hydrogens is 364 g/mol. The van der Waals surface area contributed by atoms with E-state index in [1.165, 1.54) is 38.3 Å². The fraction of sp³-hybridized carbons (Fsp3) is 0.458. The van der Waals surface area contributed by atoms with E-state index in [4.69, 9.17) is 9.47 Å². The Labute approximate surface area is 173 Å². The first-order chi connectivity index (χ1) is 14.1. The lowest BCUT2D eigenvalue weighted by molar-refractivity contribution is -0.119. The Morgan fingerprint density at radius 3 is 2.07 bits per heavy atom. The van der Waals surface area contributed by atoms with Crippen LogP contribution in [0, 0.1) is 0 Å². The van der Waals surface area contributed by atoms with Crippen LogP contribution < -0.4 is 19.7 Å². The Hall–Kier alpha value is -2.69. The first-order valence-electron chi connectivity index (χ1n) is 10.6. The molecule has 1 unspecified atom stereocenters. The molecule has 1 saturated heterocycles. The number of benzene rings is 2. The van der Waals surface area contributed by atoms with Crippen molar-refractivity contribution in [1.82, 2.24) is 5.32 Å². The van der Waals surface area contributed by atoms with Gasteiger partial charge in [-0.3, -0.25) is 4.79 Å². The molecular formula is C24H30N2O3. The lowest BCUT2D eigenvalue weighted by atomic mass is 10.1. The minimum atomic E-state index is -0.0227. The number of nitrogens with zero attached hydrogens (tertiary/aromatic N) is 1. The molecule has 0 bridgehead atoms. The SMILES string of the molecule is CC(=O)NC(C)c1ccc(OC2CN(c3ccc(OC4CCCC4)cc3)C2)cc1. The van der Waals surface area contributed by atoms with Gasteiger partial charge in [0.05, 0.1) is 25.2 Å². The van der Waals surface area contributed by atoms with Gasteiger partial charge in [0.15, 0.2) is 0 Å². The summed E-state index contributed by atoms with van der Waals surface area (Å²) in [6.07, 6.45) is 5.53. The number of hydrogen-bond acceptors (Lipinski definition) is 4. The van der Waals surface area contributed by atoms with Crippen molar-refractivity contribution in [2.24, 2.45) is 0 Å². The first kappa shape index (κ1) is 19.6. The maximum atomic E-state index is 11.2. The van der Waals surface area contributed by atoms with E-state index in [0.717, 1.165) is 30.2 Å². The van der Waals surface area contributed by atoms with Crippen LogP contribution in [0.3, 0.4) is 0 Å². The standard InChI is InChI=1S/C24H30N2O3/c1-17(25-18(2)27)19-7-11-22(12-8-19)29-24-15-26(16-24)20-9-13-23(14-10-20)28-21-5-3-4-6-21/h7-14,17,21,24H,3-6,15-16H2,1-2H3,(H,25,27). The highest BCUT2D eigenvalue weighted by Gasteiger charge is 2.28. The molecule has 1 amide bonds. The second-order valence-corrected chi connectivity index (χ2v) is 8.15. The molecule has 1 atom stereocenters. The molecule has 2 aliphatic rings. The van der Waals surface area contributed by atoms with Gasteiger partial charge in [0.2, 0.25) is 5.91 Å². The van der Waals surface area contributed by atoms with Gasteiger partial charge in [0.1, 0.15) is 17.6 Å². The Morgan fingerprint density at radius 2 is 1.48 bits per heavy atom. The topological polar surface area (TPSA) is 50.8 Å². The molecule has 1 aliphatic heterocycles. The number of ether oxygens (including phenoxy) is 2. The normalized spacial score (nSPS) is 18.2. The molecule has 2 fully saturated rings. The molecule has 154 valence electrons. The summed E-state index contributed by atoms with van der Waals surface area (Å²) in [4.78, 5) is 13.5. The van der Waals surface area contributed by atoms with Crippen molar-refractivity contribution in [3.63, 3.8) is 0 Å². The molecule has 4 rings (SSSR count). The van der Waals surface area contributed by atoms with Gasteiger partial charge in [0, 0.05) is 12.6 Å². The fourth-order valence-corrected chi connectivity index (χ4v) is 4.07. The molecule has 0 radical (unpaired) electrons. The van der Waals surface area contributed by atoms with Crippen LogP contribution in [0.15, 0.2) is 48.5 Å². The molecule has 1 N–H and O–H groups in total. The van der Waals surface area contributed by atoms with E-state index >= 15 is 0 Å². The average molecular weight is 395 g/mol. The molecule has 5 nitrogen and oxygen atoms in total. The number of anilines is 1. The molecule has 0 spiro atoms. The van der Waals surface area contributed by atoms with E-state index in [1.54, 1.807) is 0 Å². The minimum Gasteiger partial charge on any atom is -0.490 e. The summed E-state index contributed by atoms with van der Waals surface area (Å²) in [6, 6.07) is 16.4. The highest BCUT2D eigenvalue weighted by molar-refractivity contribution is 5.73. The molecule has 0 aromatic heterocycles. The van der Waals surface area contributed by atoms with Crippen LogP contribution in [0.25, 0.3) is 0 Å². The van der Waals surface area contributed by atoms with Gasteiger partial charge < -0.3 is 19.7 Å². The third-order valence-corrected chi connectivity index (χ3v) is 5.76. The molecule has 5 heteroatoms. The van der Waals surface area contributed by atoms with Crippen LogP contribution in [0.1, 0.15) is 51.1 Å². The summed E-state index contributed by atoms with van der Waals surface area (Å²) in [5.41, 5.74) is 2.28. The van der Waals surface area contributed by atoms with Crippen molar-refractivity contribution >= 4 is 11.6 Å². The zero-order valence-electron chi connectivity index (χ0n) is 17.3. The lowest BCUT2D eigenvalue weighted by Gasteiger charge is -2.40. The first-order valence-corrected chi connectivity index (χ1v) is 10.6. The maximum Gasteiger partial charge on any atom is 0.217 e. The average Bonchev–Trinajstić information content (AvgIpc) is 3.18. The maximum absolute atomic E-state index is 11.2. The van der Waals surface area contributed by atoms with Gasteiger partial charge >= 0.3 is 0 Å². The third kappa shape index (κ3) is 5.03. The zero-order valence-corrected chi connectivity index (χ0v) is 17.3. The second-order valence-electron chi connectivity index (χ2n) is 8.15. The quantitative estimate of drug-likeness (QED) is 0.753. The van der Waals surface area contributed by atoms with E-state index in [1.807, 2.05) is 31.2 Å². The van der Waals surface area contributed by atoms with Crippen LogP contribution in [0.4, 0.5) is 5.69 Å². The number of carbonyl (C=O) groups is 1. The van der Waals surface area contributed by atoms with Gasteiger partial charge in [-0.1, -0.05) is 12.1 Å². The number of hydrogen-bond donors (Lipinski definition) is 1. The number of rotatable bonds is 7. The molecule has 2 aromatic carbocycles. The molecule has 29 heavy (non-hydrogen) atoms. The van der Waals surface area contributed by atoms with Crippen LogP contribution in [0.2, 0.25) is 0 Å². The van der Waals surface area contributed by atoms with Crippen molar-refractivity contribution in [1.29, 1.82) is 0 Å². The van der Waals surface area contributed by atoms with Gasteiger partial charge in [0.25, 0.3) is 0 Å². The summed E-state index contributed by atoms with van der Waals surface area (Å²) in [7, 11) is 0. The largest absolute Gasteiger partial charge is 0.490 e. The highest BCUT2D eigenvalue weighted by Crippen LogP contribution is 2.29. The lowest BCUT2D eigenvalue weighted by Crippen LogP contribution is -2.54. The number of amides is 1. The summed E-state index contributed by atoms with van der Waals surface area (Å²) in [5.74, 6) is 1.82. The third-order valence-electron chi connectivity index (χ3n) is 5.76. The fourth-order valence-electron chi connectivity index (χ4n) is 4.07. The smallest absolute Gasteiger partial charge is 0.217 e. The Balaban J connectivity index is 1.24. The van der Waals surface area contributed by atoms with Crippen molar-refractivity contribution in [2.75, 3.05) is 18.0 Å². The Morgan fingerprint density at radius 1 is 0.931 bits per heavy atom. The summed E-state index contributed by atoms with van der Waals surface area (Å²) in [6.45, 7) is 5.28. The summed E-state index contributed by atoms with van der Waals surface area (Å²) in [5, 5.41) is 2.89. The second kappa shape index (κ2) is 8.76. The van der Waals surface area contributed by atoms with Crippen molar-refractivity contribution in [3.8, 4) is 11.5 Å². The van der Waals surface area contributed by atoms with Gasteiger partial charge in [-0.15, -0.1) is 0 Å². The monoisotopic (exact) mass is 394 g/mol. The predicted molar refractivity (Wildman–Crippen MR) is 115 cm³/mol. The zero-order chi connectivity index (χ0) is 20.2. The van der Waals surface area contributed by atoms with Crippen LogP contribution >= 0.6 is 0 Å². The summed E-state index contributed by atoms with van der Waals surface area (Å²) < 4.78 is 12.1. The van der Waals surface area contributed by atoms with Crippen molar-refractivity contribution in [3.05, 3.63) is 54.1 Å². The van der Waals surface area contributed by atoms with Crippen molar-refractivity contribution < 1.29 is 14.3 Å². The number of carbonyl (C=O) groups excluding carboxylic acids is 1. The molecule has 1 aliphatic carbocycles. The van der Waals surface area contributed by atoms with Gasteiger partial charge in [-0.05, 0) is 74.6 Å². The predicted octanol–water partition coefficient (Wildman–Crippen LogP) is 4.47. The van der Waals surface area contributed by atoms with Crippen molar-refractivity contribution in [2.45, 2.75) is 57.8 Å². The van der Waals surface area contributed by atoms with Crippen LogP contribution in [-0.4, -0.2) is 31.2 Å². The van der Waals surface area contributed by atoms with E-state index in [0.29, 0.717) is 6.10 Å². The van der Waals surface area contributed by atoms with E-state index in [2.05, 4.69) is 34.5 Å². The van der Waals surface area contributed by atoms with E-state index in [-0.39, 0.29) is 18.1 Å². The van der Waals surface area contributed by atoms with Crippen LogP contribution in [0.5, 0.6) is 11.5 Å². The Bertz CT molecular complexity index is 807. The molecule has 1 heterocycles. The Kier molecular flexibility index (Phi) is 5.93.